The first-order chi connectivity index (χ1) is 10.1. The van der Waals surface area contributed by atoms with Gasteiger partial charge in [0.25, 0.3) is 5.91 Å². The maximum Gasteiger partial charge on any atom is 0.257 e. The molecule has 1 fully saturated rings. The molecule has 1 aromatic rings. The maximum atomic E-state index is 12.7. The molecule has 1 aliphatic heterocycles. The van der Waals surface area contributed by atoms with Crippen LogP contribution in [0.5, 0.6) is 0 Å². The fourth-order valence-electron chi connectivity index (χ4n) is 3.06. The molecule has 0 unspecified atom stereocenters. The molecule has 2 rings (SSSR count). The van der Waals surface area contributed by atoms with Gasteiger partial charge in [-0.15, -0.1) is 11.3 Å². The van der Waals surface area contributed by atoms with Crippen molar-refractivity contribution in [2.75, 3.05) is 18.8 Å². The van der Waals surface area contributed by atoms with Gasteiger partial charge in [-0.2, -0.15) is 0 Å². The Kier molecular flexibility index (Phi) is 6.09. The topological polar surface area (TPSA) is 46.3 Å². The van der Waals surface area contributed by atoms with Crippen LogP contribution in [0, 0.1) is 6.92 Å². The Morgan fingerprint density at radius 2 is 1.90 bits per heavy atom. The summed E-state index contributed by atoms with van der Waals surface area (Å²) in [5, 5.41) is 0.716. The van der Waals surface area contributed by atoms with Gasteiger partial charge in [-0.1, -0.05) is 26.2 Å². The fourth-order valence-corrected chi connectivity index (χ4v) is 4.17. The van der Waals surface area contributed by atoms with E-state index in [-0.39, 0.29) is 5.91 Å². The number of thiophene rings is 1. The maximum absolute atomic E-state index is 12.7. The molecule has 0 saturated carbocycles. The van der Waals surface area contributed by atoms with Crippen LogP contribution in [-0.2, 0) is 6.42 Å². The number of likely N-dealkylation sites (tertiary alicyclic amines) is 1. The molecule has 0 aromatic carbocycles. The van der Waals surface area contributed by atoms with E-state index in [0.717, 1.165) is 43.5 Å². The SMILES string of the molecule is CCCCCCc1sc(N)c(C(=O)N2CCCCC2)c1C. The quantitative estimate of drug-likeness (QED) is 0.792. The second-order valence-corrected chi connectivity index (χ2v) is 7.19. The average Bonchev–Trinajstić information content (AvgIpc) is 2.78. The van der Waals surface area contributed by atoms with Crippen molar-refractivity contribution in [3.05, 3.63) is 16.0 Å². The van der Waals surface area contributed by atoms with Crippen LogP contribution in [0.1, 0.15) is 72.7 Å². The van der Waals surface area contributed by atoms with Crippen molar-refractivity contribution in [3.8, 4) is 0 Å². The van der Waals surface area contributed by atoms with Crippen molar-refractivity contribution in [3.63, 3.8) is 0 Å². The van der Waals surface area contributed by atoms with Crippen molar-refractivity contribution in [1.82, 2.24) is 4.90 Å². The van der Waals surface area contributed by atoms with Gasteiger partial charge in [-0.05, 0) is 44.6 Å². The Morgan fingerprint density at radius 1 is 1.19 bits per heavy atom. The van der Waals surface area contributed by atoms with Crippen LogP contribution < -0.4 is 5.73 Å². The van der Waals surface area contributed by atoms with E-state index in [1.807, 2.05) is 4.90 Å². The van der Waals surface area contributed by atoms with Gasteiger partial charge in [0.2, 0.25) is 0 Å². The molecule has 4 heteroatoms. The van der Waals surface area contributed by atoms with Gasteiger partial charge in [0.15, 0.2) is 0 Å². The highest BCUT2D eigenvalue weighted by Crippen LogP contribution is 2.33. The number of piperidine rings is 1. The number of anilines is 1. The molecular formula is C17H28N2OS. The lowest BCUT2D eigenvalue weighted by molar-refractivity contribution is 0.0725. The molecule has 0 bridgehead atoms. The third-order valence-corrected chi connectivity index (χ3v) is 5.57. The zero-order valence-corrected chi connectivity index (χ0v) is 14.2. The molecule has 0 aliphatic carbocycles. The first kappa shape index (κ1) is 16.3. The van der Waals surface area contributed by atoms with E-state index in [1.165, 1.54) is 37.0 Å². The molecule has 21 heavy (non-hydrogen) atoms. The lowest BCUT2D eigenvalue weighted by Gasteiger charge is -2.27. The Morgan fingerprint density at radius 3 is 2.57 bits per heavy atom. The fraction of sp³-hybridized carbons (Fsp3) is 0.706. The van der Waals surface area contributed by atoms with E-state index in [9.17, 15) is 4.79 Å². The van der Waals surface area contributed by atoms with Crippen molar-refractivity contribution < 1.29 is 4.79 Å². The molecule has 3 nitrogen and oxygen atoms in total. The van der Waals surface area contributed by atoms with Crippen LogP contribution in [0.25, 0.3) is 0 Å². The zero-order chi connectivity index (χ0) is 15.2. The standard InChI is InChI=1S/C17H28N2OS/c1-3-4-5-7-10-14-13(2)15(16(18)21-14)17(20)19-11-8-6-9-12-19/h3-12,18H2,1-2H3. The van der Waals surface area contributed by atoms with E-state index in [2.05, 4.69) is 13.8 Å². The minimum Gasteiger partial charge on any atom is -0.390 e. The van der Waals surface area contributed by atoms with Crippen molar-refractivity contribution in [1.29, 1.82) is 0 Å². The second kappa shape index (κ2) is 7.83. The first-order valence-electron chi connectivity index (χ1n) is 8.32. The number of amides is 1. The highest BCUT2D eigenvalue weighted by atomic mass is 32.1. The summed E-state index contributed by atoms with van der Waals surface area (Å²) in [6.45, 7) is 6.07. The number of hydrogen-bond acceptors (Lipinski definition) is 3. The highest BCUT2D eigenvalue weighted by molar-refractivity contribution is 7.16. The van der Waals surface area contributed by atoms with Crippen LogP contribution in [0.15, 0.2) is 0 Å². The van der Waals surface area contributed by atoms with Gasteiger partial charge < -0.3 is 10.6 Å². The molecule has 2 N–H and O–H groups in total. The third-order valence-electron chi connectivity index (χ3n) is 4.39. The number of nitrogen functional groups attached to an aromatic ring is 1. The Bertz CT molecular complexity index is 475. The van der Waals surface area contributed by atoms with Crippen LogP contribution in [0.2, 0.25) is 0 Å². The summed E-state index contributed by atoms with van der Waals surface area (Å²) in [6, 6.07) is 0. The van der Waals surface area contributed by atoms with Crippen molar-refractivity contribution in [2.24, 2.45) is 0 Å². The molecule has 1 aromatic heterocycles. The summed E-state index contributed by atoms with van der Waals surface area (Å²) in [7, 11) is 0. The van der Waals surface area contributed by atoms with Gasteiger partial charge in [0, 0.05) is 18.0 Å². The number of carbonyl (C=O) groups excluding carboxylic acids is 1. The summed E-state index contributed by atoms with van der Waals surface area (Å²) in [4.78, 5) is 16.0. The summed E-state index contributed by atoms with van der Waals surface area (Å²) >= 11 is 1.62. The van der Waals surface area contributed by atoms with Crippen LogP contribution in [0.4, 0.5) is 5.00 Å². The smallest absolute Gasteiger partial charge is 0.257 e. The molecule has 1 aliphatic rings. The number of nitrogens with zero attached hydrogens (tertiary/aromatic N) is 1. The Hall–Kier alpha value is -1.03. The highest BCUT2D eigenvalue weighted by Gasteiger charge is 2.24. The molecule has 1 saturated heterocycles. The molecule has 118 valence electrons. The summed E-state index contributed by atoms with van der Waals surface area (Å²) in [5.41, 5.74) is 8.07. The largest absolute Gasteiger partial charge is 0.390 e. The Balaban J connectivity index is 2.05. The number of unbranched alkanes of at least 4 members (excludes halogenated alkanes) is 3. The van der Waals surface area contributed by atoms with Gasteiger partial charge in [0.1, 0.15) is 0 Å². The lowest BCUT2D eigenvalue weighted by Crippen LogP contribution is -2.36. The summed E-state index contributed by atoms with van der Waals surface area (Å²) in [6.07, 6.45) is 9.56. The van der Waals surface area contributed by atoms with E-state index >= 15 is 0 Å². The monoisotopic (exact) mass is 308 g/mol. The average molecular weight is 308 g/mol. The molecule has 2 heterocycles. The van der Waals surface area contributed by atoms with E-state index in [4.69, 9.17) is 5.73 Å². The van der Waals surface area contributed by atoms with Gasteiger partial charge in [0.05, 0.1) is 10.6 Å². The molecule has 0 radical (unpaired) electrons. The molecular weight excluding hydrogens is 280 g/mol. The normalized spacial score (nSPS) is 15.4. The third kappa shape index (κ3) is 4.00. The minimum absolute atomic E-state index is 0.153. The van der Waals surface area contributed by atoms with E-state index in [0.29, 0.717) is 5.00 Å². The van der Waals surface area contributed by atoms with Crippen LogP contribution in [-0.4, -0.2) is 23.9 Å². The molecule has 0 atom stereocenters. The molecule has 1 amide bonds. The number of carbonyl (C=O) groups is 1. The molecule has 0 spiro atoms. The number of nitrogens with two attached hydrogens (primary N) is 1. The minimum atomic E-state index is 0.153. The van der Waals surface area contributed by atoms with Gasteiger partial charge >= 0.3 is 0 Å². The van der Waals surface area contributed by atoms with Crippen molar-refractivity contribution in [2.45, 2.75) is 65.2 Å². The predicted molar refractivity (Wildman–Crippen MR) is 91.1 cm³/mol. The van der Waals surface area contributed by atoms with E-state index < -0.39 is 0 Å². The number of hydrogen-bond donors (Lipinski definition) is 1. The second-order valence-electron chi connectivity index (χ2n) is 6.05. The lowest BCUT2D eigenvalue weighted by atomic mass is 10.0. The van der Waals surface area contributed by atoms with E-state index in [1.54, 1.807) is 11.3 Å². The first-order valence-corrected chi connectivity index (χ1v) is 9.13. The van der Waals surface area contributed by atoms with Gasteiger partial charge in [-0.3, -0.25) is 4.79 Å². The zero-order valence-electron chi connectivity index (χ0n) is 13.4. The Labute approximate surface area is 132 Å². The predicted octanol–water partition coefficient (Wildman–Crippen LogP) is 4.39. The van der Waals surface area contributed by atoms with Crippen molar-refractivity contribution >= 4 is 22.2 Å². The summed E-state index contributed by atoms with van der Waals surface area (Å²) in [5.74, 6) is 0.153. The van der Waals surface area contributed by atoms with Gasteiger partial charge in [-0.25, -0.2) is 0 Å². The number of rotatable bonds is 6. The van der Waals surface area contributed by atoms with Crippen LogP contribution in [0.3, 0.4) is 0 Å². The number of aryl methyl sites for hydroxylation is 1. The summed E-state index contributed by atoms with van der Waals surface area (Å²) < 4.78 is 0. The van der Waals surface area contributed by atoms with Crippen LogP contribution >= 0.6 is 11.3 Å².